The molecule has 2 rings (SSSR count). The SMILES string of the molecule is CC(C)(C)OC(=O)NCCNC(=O)c1ccc(C=CC(c2cc(Cl)c(Cl)c(Cl)c2)C(F)(F)F)cc1C(F)(F)F. The third-order valence-corrected chi connectivity index (χ3v) is 6.07. The molecular formula is C25H23Cl3F6N2O3. The van der Waals surface area contributed by atoms with Gasteiger partial charge in [-0.15, -0.1) is 0 Å². The molecule has 0 aliphatic carbocycles. The smallest absolute Gasteiger partial charge is 0.417 e. The minimum atomic E-state index is -4.99. The van der Waals surface area contributed by atoms with Crippen LogP contribution in [0.25, 0.3) is 6.08 Å². The summed E-state index contributed by atoms with van der Waals surface area (Å²) in [6.07, 6.45) is -9.11. The first-order valence-corrected chi connectivity index (χ1v) is 12.3. The fraction of sp³-hybridized carbons (Fsp3) is 0.360. The normalized spacial score (nSPS) is 13.3. The Morgan fingerprint density at radius 1 is 0.923 bits per heavy atom. The molecule has 0 aliphatic rings. The number of carbonyl (C=O) groups excluding carboxylic acids is 2. The molecule has 214 valence electrons. The molecule has 0 aromatic heterocycles. The highest BCUT2D eigenvalue weighted by atomic mass is 35.5. The molecule has 0 saturated carbocycles. The van der Waals surface area contributed by atoms with Gasteiger partial charge in [-0.1, -0.05) is 53.0 Å². The molecule has 0 radical (unpaired) electrons. The van der Waals surface area contributed by atoms with Gasteiger partial charge in [-0.25, -0.2) is 4.79 Å². The number of allylic oxidation sites excluding steroid dienone is 1. The number of amides is 2. The van der Waals surface area contributed by atoms with Gasteiger partial charge in [-0.2, -0.15) is 26.3 Å². The number of benzene rings is 2. The monoisotopic (exact) mass is 618 g/mol. The van der Waals surface area contributed by atoms with Crippen LogP contribution in [0.15, 0.2) is 36.4 Å². The number of alkyl carbamates (subject to hydrolysis) is 1. The van der Waals surface area contributed by atoms with Crippen molar-refractivity contribution in [3.8, 4) is 0 Å². The van der Waals surface area contributed by atoms with Crippen LogP contribution < -0.4 is 10.6 Å². The Hall–Kier alpha value is -2.63. The second-order valence-electron chi connectivity index (χ2n) is 9.16. The van der Waals surface area contributed by atoms with E-state index >= 15 is 0 Å². The van der Waals surface area contributed by atoms with Crippen molar-refractivity contribution in [2.24, 2.45) is 0 Å². The second-order valence-corrected chi connectivity index (χ2v) is 10.4. The summed E-state index contributed by atoms with van der Waals surface area (Å²) in [6, 6.07) is 4.39. The number of carbonyl (C=O) groups is 2. The van der Waals surface area contributed by atoms with E-state index in [4.69, 9.17) is 39.5 Å². The van der Waals surface area contributed by atoms with Crippen LogP contribution in [0.2, 0.25) is 15.1 Å². The van der Waals surface area contributed by atoms with Gasteiger partial charge in [0.05, 0.1) is 32.1 Å². The van der Waals surface area contributed by atoms with E-state index in [1.807, 2.05) is 0 Å². The van der Waals surface area contributed by atoms with Gasteiger partial charge >= 0.3 is 18.4 Å². The van der Waals surface area contributed by atoms with Gasteiger partial charge in [0.25, 0.3) is 5.91 Å². The van der Waals surface area contributed by atoms with Crippen LogP contribution in [0.1, 0.15) is 53.7 Å². The van der Waals surface area contributed by atoms with E-state index in [-0.39, 0.29) is 39.3 Å². The van der Waals surface area contributed by atoms with Crippen molar-refractivity contribution >= 4 is 52.9 Å². The third-order valence-electron chi connectivity index (χ3n) is 4.87. The molecule has 2 aromatic rings. The molecule has 1 unspecified atom stereocenters. The molecule has 0 aliphatic heterocycles. The van der Waals surface area contributed by atoms with Crippen molar-refractivity contribution in [3.63, 3.8) is 0 Å². The molecule has 0 spiro atoms. The van der Waals surface area contributed by atoms with Crippen molar-refractivity contribution in [1.82, 2.24) is 10.6 Å². The van der Waals surface area contributed by atoms with Gasteiger partial charge in [0.15, 0.2) is 0 Å². The summed E-state index contributed by atoms with van der Waals surface area (Å²) in [5, 5.41) is 3.99. The summed E-state index contributed by atoms with van der Waals surface area (Å²) in [5.41, 5.74) is -3.49. The number of rotatable bonds is 7. The lowest BCUT2D eigenvalue weighted by Gasteiger charge is -2.19. The second kappa shape index (κ2) is 12.7. The van der Waals surface area contributed by atoms with Gasteiger partial charge in [-0.3, -0.25) is 4.79 Å². The van der Waals surface area contributed by atoms with Crippen molar-refractivity contribution < 1.29 is 40.7 Å². The Bertz CT molecular complexity index is 1220. The van der Waals surface area contributed by atoms with Gasteiger partial charge < -0.3 is 15.4 Å². The number of nitrogens with one attached hydrogen (secondary N) is 2. The number of halogens is 9. The van der Waals surface area contributed by atoms with Crippen molar-refractivity contribution in [1.29, 1.82) is 0 Å². The van der Waals surface area contributed by atoms with Crippen molar-refractivity contribution in [2.45, 2.75) is 44.6 Å². The Labute approximate surface area is 235 Å². The predicted molar refractivity (Wildman–Crippen MR) is 137 cm³/mol. The van der Waals surface area contributed by atoms with E-state index in [9.17, 15) is 35.9 Å². The molecule has 14 heteroatoms. The average Bonchev–Trinajstić information content (AvgIpc) is 2.77. The van der Waals surface area contributed by atoms with Gasteiger partial charge in [0.1, 0.15) is 5.60 Å². The topological polar surface area (TPSA) is 67.4 Å². The van der Waals surface area contributed by atoms with Crippen LogP contribution in [0, 0.1) is 0 Å². The van der Waals surface area contributed by atoms with Gasteiger partial charge in [-0.05, 0) is 56.2 Å². The highest BCUT2D eigenvalue weighted by molar-refractivity contribution is 6.48. The van der Waals surface area contributed by atoms with Crippen LogP contribution in [0.3, 0.4) is 0 Å². The molecule has 0 heterocycles. The van der Waals surface area contributed by atoms with E-state index in [0.717, 1.165) is 30.3 Å². The molecule has 2 N–H and O–H groups in total. The van der Waals surface area contributed by atoms with E-state index in [1.165, 1.54) is 0 Å². The molecule has 5 nitrogen and oxygen atoms in total. The van der Waals surface area contributed by atoms with Crippen LogP contribution in [0.4, 0.5) is 31.1 Å². The zero-order valence-corrected chi connectivity index (χ0v) is 22.9. The largest absolute Gasteiger partial charge is 0.444 e. The standard InChI is InChI=1S/C25H23Cl3F6N2O3/c1-23(2,3)39-22(38)36-9-8-35-21(37)15-6-4-13(10-17(15)25(32,33)34)5-7-16(24(29,30)31)14-11-18(26)20(28)19(27)12-14/h4-7,10-12,16H,8-9H2,1-3H3,(H,35,37)(H,36,38). The van der Waals surface area contributed by atoms with Crippen LogP contribution >= 0.6 is 34.8 Å². The Morgan fingerprint density at radius 3 is 2.00 bits per heavy atom. The zero-order chi connectivity index (χ0) is 29.8. The van der Waals surface area contributed by atoms with Crippen LogP contribution in [0.5, 0.6) is 0 Å². The third kappa shape index (κ3) is 9.81. The lowest BCUT2D eigenvalue weighted by molar-refractivity contribution is -0.139. The number of ether oxygens (including phenoxy) is 1. The Balaban J connectivity index is 2.25. The molecule has 0 fully saturated rings. The first kappa shape index (κ1) is 32.6. The summed E-state index contributed by atoms with van der Waals surface area (Å²) in [5.74, 6) is -3.36. The summed E-state index contributed by atoms with van der Waals surface area (Å²) >= 11 is 17.5. The maximum Gasteiger partial charge on any atom is 0.417 e. The Kier molecular flexibility index (Phi) is 10.6. The predicted octanol–water partition coefficient (Wildman–Crippen LogP) is 8.28. The molecule has 1 atom stereocenters. The quantitative estimate of drug-likeness (QED) is 0.186. The Morgan fingerprint density at radius 2 is 1.49 bits per heavy atom. The maximum atomic E-state index is 13.8. The van der Waals surface area contributed by atoms with E-state index in [2.05, 4.69) is 10.6 Å². The highest BCUT2D eigenvalue weighted by Gasteiger charge is 2.40. The average molecular weight is 620 g/mol. The highest BCUT2D eigenvalue weighted by Crippen LogP contribution is 2.41. The fourth-order valence-electron chi connectivity index (χ4n) is 3.22. The molecule has 39 heavy (non-hydrogen) atoms. The zero-order valence-electron chi connectivity index (χ0n) is 20.7. The summed E-state index contributed by atoms with van der Waals surface area (Å²) < 4.78 is 87.4. The molecule has 0 saturated heterocycles. The maximum absolute atomic E-state index is 13.8. The summed E-state index contributed by atoms with van der Waals surface area (Å²) in [7, 11) is 0. The van der Waals surface area contributed by atoms with Crippen molar-refractivity contribution in [2.75, 3.05) is 13.1 Å². The number of alkyl halides is 6. The first-order valence-electron chi connectivity index (χ1n) is 11.1. The molecule has 2 aromatic carbocycles. The van der Waals surface area contributed by atoms with E-state index in [0.29, 0.717) is 12.1 Å². The first-order chi connectivity index (χ1) is 17.8. The minimum absolute atomic E-state index is 0.125. The molecule has 0 bridgehead atoms. The van der Waals surface area contributed by atoms with Gasteiger partial charge in [0, 0.05) is 13.1 Å². The van der Waals surface area contributed by atoms with E-state index in [1.54, 1.807) is 20.8 Å². The van der Waals surface area contributed by atoms with Crippen LogP contribution in [-0.4, -0.2) is 36.9 Å². The molecule has 2 amide bonds. The van der Waals surface area contributed by atoms with Crippen molar-refractivity contribution in [3.05, 3.63) is 73.7 Å². The van der Waals surface area contributed by atoms with Crippen LogP contribution in [-0.2, 0) is 10.9 Å². The van der Waals surface area contributed by atoms with E-state index < -0.39 is 47.0 Å². The lowest BCUT2D eigenvalue weighted by atomic mass is 9.96. The fourth-order valence-corrected chi connectivity index (χ4v) is 3.83. The minimum Gasteiger partial charge on any atom is -0.444 e. The summed E-state index contributed by atoms with van der Waals surface area (Å²) in [4.78, 5) is 24.0. The lowest BCUT2D eigenvalue weighted by Crippen LogP contribution is -2.38. The summed E-state index contributed by atoms with van der Waals surface area (Å²) in [6.45, 7) is 4.57. The number of hydrogen-bond acceptors (Lipinski definition) is 3. The number of hydrogen-bond donors (Lipinski definition) is 2. The van der Waals surface area contributed by atoms with Gasteiger partial charge in [0.2, 0.25) is 0 Å². The molecular weight excluding hydrogens is 597 g/mol.